The van der Waals surface area contributed by atoms with Crippen LogP contribution in [0.2, 0.25) is 0 Å². The lowest BCUT2D eigenvalue weighted by molar-refractivity contribution is 0.0719. The Morgan fingerprint density at radius 3 is 2.57 bits per heavy atom. The van der Waals surface area contributed by atoms with Gasteiger partial charge in [0.2, 0.25) is 0 Å². The van der Waals surface area contributed by atoms with E-state index < -0.39 is 0 Å². The molecule has 1 atom stereocenters. The van der Waals surface area contributed by atoms with Crippen LogP contribution in [0, 0.1) is 0 Å². The summed E-state index contributed by atoms with van der Waals surface area (Å²) in [6.07, 6.45) is 2.69. The van der Waals surface area contributed by atoms with Crippen LogP contribution >= 0.6 is 0 Å². The van der Waals surface area contributed by atoms with Crippen molar-refractivity contribution in [3.8, 4) is 0 Å². The molecular formula is C10H21NO3. The van der Waals surface area contributed by atoms with Gasteiger partial charge in [-0.1, -0.05) is 0 Å². The number of rotatable bonds is 8. The van der Waals surface area contributed by atoms with Crippen molar-refractivity contribution in [3.05, 3.63) is 11.8 Å². The molecule has 4 nitrogen and oxygen atoms in total. The van der Waals surface area contributed by atoms with Gasteiger partial charge in [0.05, 0.1) is 25.9 Å². The number of hydrogen-bond donors (Lipinski definition) is 1. The van der Waals surface area contributed by atoms with Gasteiger partial charge in [-0.2, -0.15) is 0 Å². The van der Waals surface area contributed by atoms with Crippen LogP contribution in [0.4, 0.5) is 0 Å². The van der Waals surface area contributed by atoms with Gasteiger partial charge < -0.3 is 19.9 Å². The quantitative estimate of drug-likeness (QED) is 0.596. The highest BCUT2D eigenvalue weighted by atomic mass is 16.5. The summed E-state index contributed by atoms with van der Waals surface area (Å²) in [6, 6.07) is 0. The topological polar surface area (TPSA) is 53.7 Å². The molecular weight excluding hydrogens is 182 g/mol. The van der Waals surface area contributed by atoms with Crippen molar-refractivity contribution in [2.75, 3.05) is 34.0 Å². The van der Waals surface area contributed by atoms with E-state index in [1.54, 1.807) is 14.2 Å². The van der Waals surface area contributed by atoms with E-state index in [2.05, 4.69) is 0 Å². The summed E-state index contributed by atoms with van der Waals surface area (Å²) in [5.41, 5.74) is 6.54. The average Bonchev–Trinajstić information content (AvgIpc) is 2.17. The summed E-state index contributed by atoms with van der Waals surface area (Å²) in [6.45, 7) is 3.81. The molecule has 0 heterocycles. The van der Waals surface area contributed by atoms with Crippen molar-refractivity contribution in [1.82, 2.24) is 0 Å². The normalized spacial score (nSPS) is 14.4. The van der Waals surface area contributed by atoms with E-state index in [0.29, 0.717) is 19.8 Å². The van der Waals surface area contributed by atoms with Crippen LogP contribution in [0.25, 0.3) is 0 Å². The molecule has 0 aromatic carbocycles. The third-order valence-corrected chi connectivity index (χ3v) is 1.79. The van der Waals surface area contributed by atoms with Crippen LogP contribution in [-0.2, 0) is 14.2 Å². The number of methoxy groups -OCH3 is 2. The monoisotopic (exact) mass is 203 g/mol. The molecule has 0 saturated carbocycles. The first kappa shape index (κ1) is 13.4. The lowest BCUT2D eigenvalue weighted by Crippen LogP contribution is -2.10. The standard InChI is InChI=1S/C10H21NO3/c1-9(13-3)8-10(11)4-5-14-7-6-12-2/h8-9H,4-7,11H2,1-3H3/b10-8+. The van der Waals surface area contributed by atoms with Gasteiger partial charge in [-0.15, -0.1) is 0 Å². The molecule has 0 aliphatic carbocycles. The molecule has 0 aliphatic rings. The van der Waals surface area contributed by atoms with Crippen LogP contribution in [0.15, 0.2) is 11.8 Å². The fraction of sp³-hybridized carbons (Fsp3) is 0.800. The zero-order chi connectivity index (χ0) is 10.8. The van der Waals surface area contributed by atoms with Gasteiger partial charge in [0, 0.05) is 26.3 Å². The highest BCUT2D eigenvalue weighted by molar-refractivity contribution is 4.99. The Hall–Kier alpha value is -0.580. The van der Waals surface area contributed by atoms with Crippen molar-refractivity contribution >= 4 is 0 Å². The Labute approximate surface area is 86.0 Å². The summed E-state index contributed by atoms with van der Waals surface area (Å²) in [5.74, 6) is 0. The Morgan fingerprint density at radius 1 is 1.29 bits per heavy atom. The second kappa shape index (κ2) is 8.99. The Morgan fingerprint density at radius 2 is 2.00 bits per heavy atom. The first-order valence-corrected chi connectivity index (χ1v) is 4.76. The molecule has 0 rings (SSSR count). The molecule has 14 heavy (non-hydrogen) atoms. The summed E-state index contributed by atoms with van der Waals surface area (Å²) in [7, 11) is 3.31. The molecule has 0 fully saturated rings. The van der Waals surface area contributed by atoms with Gasteiger partial charge in [0.15, 0.2) is 0 Å². The molecule has 0 aromatic rings. The van der Waals surface area contributed by atoms with E-state index in [1.807, 2.05) is 13.0 Å². The number of hydrogen-bond acceptors (Lipinski definition) is 4. The molecule has 4 heteroatoms. The smallest absolute Gasteiger partial charge is 0.0743 e. The highest BCUT2D eigenvalue weighted by Gasteiger charge is 1.96. The van der Waals surface area contributed by atoms with Crippen molar-refractivity contribution < 1.29 is 14.2 Å². The minimum absolute atomic E-state index is 0.0639. The third-order valence-electron chi connectivity index (χ3n) is 1.79. The fourth-order valence-corrected chi connectivity index (χ4v) is 0.887. The van der Waals surface area contributed by atoms with E-state index in [1.165, 1.54) is 0 Å². The maximum atomic E-state index is 5.73. The minimum atomic E-state index is 0.0639. The van der Waals surface area contributed by atoms with E-state index in [4.69, 9.17) is 19.9 Å². The summed E-state index contributed by atoms with van der Waals surface area (Å²) in [5, 5.41) is 0. The van der Waals surface area contributed by atoms with E-state index >= 15 is 0 Å². The number of ether oxygens (including phenoxy) is 3. The molecule has 0 aromatic heterocycles. The summed E-state index contributed by atoms with van der Waals surface area (Å²) >= 11 is 0. The van der Waals surface area contributed by atoms with Gasteiger partial charge in [-0.3, -0.25) is 0 Å². The van der Waals surface area contributed by atoms with Crippen molar-refractivity contribution in [3.63, 3.8) is 0 Å². The van der Waals surface area contributed by atoms with E-state index in [-0.39, 0.29) is 6.10 Å². The first-order valence-electron chi connectivity index (χ1n) is 4.76. The van der Waals surface area contributed by atoms with Crippen molar-refractivity contribution in [2.45, 2.75) is 19.4 Å². The van der Waals surface area contributed by atoms with Gasteiger partial charge in [0.1, 0.15) is 0 Å². The highest BCUT2D eigenvalue weighted by Crippen LogP contribution is 1.98. The second-order valence-corrected chi connectivity index (χ2v) is 3.04. The van der Waals surface area contributed by atoms with Gasteiger partial charge in [-0.05, 0) is 13.0 Å². The average molecular weight is 203 g/mol. The molecule has 0 amide bonds. The molecule has 1 unspecified atom stereocenters. The first-order chi connectivity index (χ1) is 6.70. The van der Waals surface area contributed by atoms with Crippen molar-refractivity contribution in [1.29, 1.82) is 0 Å². The van der Waals surface area contributed by atoms with Gasteiger partial charge in [-0.25, -0.2) is 0 Å². The SMILES string of the molecule is COCCOCC/C(N)=C\C(C)OC. The van der Waals surface area contributed by atoms with Crippen LogP contribution in [-0.4, -0.2) is 40.1 Å². The predicted octanol–water partition coefficient (Wildman–Crippen LogP) is 0.917. The maximum Gasteiger partial charge on any atom is 0.0743 e. The van der Waals surface area contributed by atoms with E-state index in [9.17, 15) is 0 Å². The van der Waals surface area contributed by atoms with Crippen LogP contribution in [0.1, 0.15) is 13.3 Å². The summed E-state index contributed by atoms with van der Waals surface area (Å²) < 4.78 is 15.2. The molecule has 0 saturated heterocycles. The van der Waals surface area contributed by atoms with Gasteiger partial charge in [0.25, 0.3) is 0 Å². The fourth-order valence-electron chi connectivity index (χ4n) is 0.887. The molecule has 0 spiro atoms. The third kappa shape index (κ3) is 8.04. The van der Waals surface area contributed by atoms with Crippen LogP contribution in [0.5, 0.6) is 0 Å². The molecule has 0 bridgehead atoms. The molecule has 84 valence electrons. The minimum Gasteiger partial charge on any atom is -0.402 e. The number of nitrogens with two attached hydrogens (primary N) is 1. The summed E-state index contributed by atoms with van der Waals surface area (Å²) in [4.78, 5) is 0. The molecule has 0 aliphatic heterocycles. The Kier molecular flexibility index (Phi) is 8.62. The lowest BCUT2D eigenvalue weighted by atomic mass is 10.2. The van der Waals surface area contributed by atoms with E-state index in [0.717, 1.165) is 12.1 Å². The zero-order valence-electron chi connectivity index (χ0n) is 9.29. The molecule has 0 radical (unpaired) electrons. The maximum absolute atomic E-state index is 5.73. The second-order valence-electron chi connectivity index (χ2n) is 3.04. The lowest BCUT2D eigenvalue weighted by Gasteiger charge is -2.07. The van der Waals surface area contributed by atoms with Crippen LogP contribution in [0.3, 0.4) is 0 Å². The molecule has 2 N–H and O–H groups in total. The van der Waals surface area contributed by atoms with Crippen LogP contribution < -0.4 is 5.73 Å². The Bertz CT molecular complexity index is 159. The Balaban J connectivity index is 3.43. The predicted molar refractivity (Wildman–Crippen MR) is 56.1 cm³/mol. The van der Waals surface area contributed by atoms with Crippen molar-refractivity contribution in [2.24, 2.45) is 5.73 Å². The zero-order valence-corrected chi connectivity index (χ0v) is 9.29. The van der Waals surface area contributed by atoms with Gasteiger partial charge >= 0.3 is 0 Å². The largest absolute Gasteiger partial charge is 0.402 e.